The summed E-state index contributed by atoms with van der Waals surface area (Å²) >= 11 is 0. The Morgan fingerprint density at radius 2 is 0.455 bits per heavy atom. The molecule has 0 heterocycles. The van der Waals surface area contributed by atoms with Crippen LogP contribution in [0.2, 0.25) is 0 Å². The number of phosphoric acid groups is 2. The zero-order chi connectivity index (χ0) is 74.1. The van der Waals surface area contributed by atoms with Gasteiger partial charge in [0.1, 0.15) is 19.3 Å². The third-order valence-corrected chi connectivity index (χ3v) is 21.2. The zero-order valence-corrected chi connectivity index (χ0v) is 67.8. The summed E-state index contributed by atoms with van der Waals surface area (Å²) in [5.74, 6) is -1.38. The molecule has 101 heavy (non-hydrogen) atoms. The Balaban J connectivity index is 5.23. The zero-order valence-electron chi connectivity index (χ0n) is 66.1. The van der Waals surface area contributed by atoms with Crippen molar-refractivity contribution in [1.29, 1.82) is 0 Å². The SMILES string of the molecule is CCCCCCCCCCCCCCCCCCCCCCCC(=O)O[C@H](COC(=O)CCCCCCCCCCCCCCCCC)COP(=O)(O)OC[C@@H](O)COP(=O)(O)OC[C@@H](COC(=O)CCCCCCCCCCC(C)C)OC(=O)CCCCCCCCCCCCCCCC. The van der Waals surface area contributed by atoms with Crippen molar-refractivity contribution in [3.63, 3.8) is 0 Å². The minimum atomic E-state index is -4.96. The van der Waals surface area contributed by atoms with Gasteiger partial charge in [-0.1, -0.05) is 388 Å². The molecule has 0 radical (unpaired) electrons. The van der Waals surface area contributed by atoms with Crippen molar-refractivity contribution in [2.45, 2.75) is 457 Å². The predicted octanol–water partition coefficient (Wildman–Crippen LogP) is 24.8. The van der Waals surface area contributed by atoms with Gasteiger partial charge in [0.25, 0.3) is 0 Å². The number of rotatable bonds is 82. The molecule has 0 aliphatic carbocycles. The molecule has 0 aliphatic heterocycles. The summed E-state index contributed by atoms with van der Waals surface area (Å²) in [7, 11) is -9.92. The van der Waals surface area contributed by atoms with Crippen LogP contribution in [0.3, 0.4) is 0 Å². The lowest BCUT2D eigenvalue weighted by molar-refractivity contribution is -0.161. The standard InChI is InChI=1S/C82H160O17P2/c1-6-9-12-15-18-21-24-27-30-31-32-33-34-35-37-40-43-46-53-58-63-68-82(87)98-77(71-92-79(84)65-60-55-50-44-41-39-36-28-25-22-19-16-13-10-7-2)73-96-100(88,89)94-69-76(83)70-95-101(90,91)97-74-78(72-93-80(85)66-61-56-51-48-47-49-54-59-64-75(4)5)99-81(86)67-62-57-52-45-42-38-29-26-23-20-17-14-11-8-3/h75-78,83H,6-74H2,1-5H3,(H,88,89)(H,90,91)/t76-,77-,78-/m1/s1. The van der Waals surface area contributed by atoms with E-state index in [4.69, 9.17) is 37.0 Å². The van der Waals surface area contributed by atoms with Crippen LogP contribution in [0, 0.1) is 5.92 Å². The molecular formula is C82H160O17P2. The molecule has 0 saturated heterocycles. The molecule has 0 amide bonds. The fourth-order valence-electron chi connectivity index (χ4n) is 12.8. The molecule has 0 aromatic carbocycles. The van der Waals surface area contributed by atoms with Crippen LogP contribution in [0.4, 0.5) is 0 Å². The van der Waals surface area contributed by atoms with E-state index in [-0.39, 0.29) is 25.7 Å². The molecule has 0 rings (SSSR count). The number of carbonyl (C=O) groups is 4. The van der Waals surface area contributed by atoms with E-state index in [9.17, 15) is 43.2 Å². The normalized spacial score (nSPS) is 13.8. The summed E-state index contributed by atoms with van der Waals surface area (Å²) in [4.78, 5) is 73.1. The molecule has 600 valence electrons. The number of phosphoric ester groups is 2. The van der Waals surface area contributed by atoms with Gasteiger partial charge in [-0.05, 0) is 31.6 Å². The number of esters is 4. The number of carbonyl (C=O) groups excluding carboxylic acids is 4. The van der Waals surface area contributed by atoms with Gasteiger partial charge in [-0.3, -0.25) is 37.3 Å². The number of aliphatic hydroxyl groups excluding tert-OH is 1. The van der Waals surface area contributed by atoms with E-state index in [1.54, 1.807) is 0 Å². The Hall–Kier alpha value is -1.94. The maximum absolute atomic E-state index is 13.1. The van der Waals surface area contributed by atoms with Crippen molar-refractivity contribution in [3.05, 3.63) is 0 Å². The van der Waals surface area contributed by atoms with Gasteiger partial charge >= 0.3 is 39.5 Å². The Kier molecular flexibility index (Phi) is 73.5. The Morgan fingerprint density at radius 3 is 0.673 bits per heavy atom. The van der Waals surface area contributed by atoms with Crippen LogP contribution >= 0.6 is 15.6 Å². The van der Waals surface area contributed by atoms with E-state index in [0.717, 1.165) is 95.8 Å². The average molecular weight is 1480 g/mol. The highest BCUT2D eigenvalue weighted by molar-refractivity contribution is 7.47. The molecule has 0 aromatic heterocycles. The predicted molar refractivity (Wildman–Crippen MR) is 414 cm³/mol. The van der Waals surface area contributed by atoms with Gasteiger partial charge < -0.3 is 33.8 Å². The van der Waals surface area contributed by atoms with Gasteiger partial charge in [0.15, 0.2) is 12.2 Å². The van der Waals surface area contributed by atoms with Crippen molar-refractivity contribution < 1.29 is 80.2 Å². The summed E-state index contributed by atoms with van der Waals surface area (Å²) in [6.07, 6.45) is 66.6. The van der Waals surface area contributed by atoms with Crippen LogP contribution < -0.4 is 0 Å². The van der Waals surface area contributed by atoms with Crippen LogP contribution in [0.1, 0.15) is 439 Å². The number of hydrogen-bond donors (Lipinski definition) is 3. The van der Waals surface area contributed by atoms with E-state index in [0.29, 0.717) is 25.7 Å². The fraction of sp³-hybridized carbons (Fsp3) is 0.951. The van der Waals surface area contributed by atoms with Crippen molar-refractivity contribution in [1.82, 2.24) is 0 Å². The highest BCUT2D eigenvalue weighted by Crippen LogP contribution is 2.45. The lowest BCUT2D eigenvalue weighted by Crippen LogP contribution is -2.30. The molecule has 5 atom stereocenters. The molecule has 0 saturated carbocycles. The van der Waals surface area contributed by atoms with Gasteiger partial charge in [-0.2, -0.15) is 0 Å². The van der Waals surface area contributed by atoms with Gasteiger partial charge in [-0.15, -0.1) is 0 Å². The summed E-state index contributed by atoms with van der Waals surface area (Å²) in [5, 5.41) is 10.6. The lowest BCUT2D eigenvalue weighted by Gasteiger charge is -2.21. The maximum Gasteiger partial charge on any atom is 0.472 e. The van der Waals surface area contributed by atoms with Crippen LogP contribution in [-0.4, -0.2) is 96.7 Å². The second-order valence-corrected chi connectivity index (χ2v) is 32.9. The highest BCUT2D eigenvalue weighted by atomic mass is 31.2. The van der Waals surface area contributed by atoms with Crippen LogP contribution in [0.15, 0.2) is 0 Å². The van der Waals surface area contributed by atoms with Crippen LogP contribution in [-0.2, 0) is 65.4 Å². The average Bonchev–Trinajstić information content (AvgIpc) is 0.978. The molecule has 0 aliphatic rings. The number of hydrogen-bond acceptors (Lipinski definition) is 15. The van der Waals surface area contributed by atoms with E-state index in [1.165, 1.54) is 263 Å². The second kappa shape index (κ2) is 74.9. The smallest absolute Gasteiger partial charge is 0.462 e. The minimum Gasteiger partial charge on any atom is -0.462 e. The minimum absolute atomic E-state index is 0.108. The molecule has 19 heteroatoms. The second-order valence-electron chi connectivity index (χ2n) is 30.0. The third-order valence-electron chi connectivity index (χ3n) is 19.3. The summed E-state index contributed by atoms with van der Waals surface area (Å²) < 4.78 is 68.8. The Labute approximate surface area is 619 Å². The maximum atomic E-state index is 13.1. The first-order chi connectivity index (χ1) is 49.0. The Bertz CT molecular complexity index is 1930. The molecule has 0 fully saturated rings. The van der Waals surface area contributed by atoms with Crippen molar-refractivity contribution in [3.8, 4) is 0 Å². The van der Waals surface area contributed by atoms with Crippen LogP contribution in [0.5, 0.6) is 0 Å². The topological polar surface area (TPSA) is 237 Å². The largest absolute Gasteiger partial charge is 0.472 e. The van der Waals surface area contributed by atoms with E-state index >= 15 is 0 Å². The van der Waals surface area contributed by atoms with Gasteiger partial charge in [0, 0.05) is 25.7 Å². The van der Waals surface area contributed by atoms with Gasteiger partial charge in [0.05, 0.1) is 26.4 Å². The van der Waals surface area contributed by atoms with Gasteiger partial charge in [0.2, 0.25) is 0 Å². The van der Waals surface area contributed by atoms with E-state index in [1.807, 2.05) is 0 Å². The Morgan fingerprint density at radius 1 is 0.267 bits per heavy atom. The van der Waals surface area contributed by atoms with Gasteiger partial charge in [-0.25, -0.2) is 9.13 Å². The highest BCUT2D eigenvalue weighted by Gasteiger charge is 2.30. The first-order valence-corrected chi connectivity index (χ1v) is 45.6. The van der Waals surface area contributed by atoms with Crippen LogP contribution in [0.25, 0.3) is 0 Å². The quantitative estimate of drug-likeness (QED) is 0.0222. The molecule has 3 N–H and O–H groups in total. The number of ether oxygens (including phenoxy) is 4. The molecule has 17 nitrogen and oxygen atoms in total. The summed E-state index contributed by atoms with van der Waals surface area (Å²) in [6.45, 7) is 7.31. The lowest BCUT2D eigenvalue weighted by atomic mass is 10.0. The van der Waals surface area contributed by atoms with Crippen molar-refractivity contribution in [2.75, 3.05) is 39.6 Å². The molecule has 2 unspecified atom stereocenters. The molecule has 0 bridgehead atoms. The first-order valence-electron chi connectivity index (χ1n) is 42.6. The molecule has 0 spiro atoms. The number of unbranched alkanes of at least 4 members (excludes halogenated alkanes) is 54. The molecule has 0 aromatic rings. The van der Waals surface area contributed by atoms with Crippen molar-refractivity contribution >= 4 is 39.5 Å². The summed E-state index contributed by atoms with van der Waals surface area (Å²) in [6, 6.07) is 0. The van der Waals surface area contributed by atoms with Crippen molar-refractivity contribution in [2.24, 2.45) is 5.92 Å². The fourth-order valence-corrected chi connectivity index (χ4v) is 14.3. The van der Waals surface area contributed by atoms with E-state index in [2.05, 4.69) is 34.6 Å². The first kappa shape index (κ1) is 99.1. The number of aliphatic hydroxyl groups is 1. The van der Waals surface area contributed by atoms with E-state index < -0.39 is 97.5 Å². The third kappa shape index (κ3) is 76.1. The monoisotopic (exact) mass is 1480 g/mol. The summed E-state index contributed by atoms with van der Waals surface area (Å²) in [5.41, 5.74) is 0. The molecular weight excluding hydrogens is 1320 g/mol.